The quantitative estimate of drug-likeness (QED) is 0.137. The van der Waals surface area contributed by atoms with Crippen LogP contribution in [-0.2, 0) is 25.5 Å². The van der Waals surface area contributed by atoms with E-state index in [1.165, 1.54) is 27.1 Å². The fourth-order valence-corrected chi connectivity index (χ4v) is 4.28. The average Bonchev–Trinajstić information content (AvgIpc) is 2.93. The Bertz CT molecular complexity index is 1570. The topological polar surface area (TPSA) is 25.8 Å². The summed E-state index contributed by atoms with van der Waals surface area (Å²) in [5.74, 6) is 0. The molecule has 0 aliphatic rings. The maximum Gasteiger partial charge on any atom is 0.0701 e. The first kappa shape index (κ1) is 26.4. The van der Waals surface area contributed by atoms with Crippen LogP contribution in [0, 0.1) is 6.07 Å². The van der Waals surface area contributed by atoms with Crippen molar-refractivity contribution >= 4 is 21.5 Å². The van der Waals surface area contributed by atoms with Gasteiger partial charge in [-0.1, -0.05) is 110 Å². The fraction of sp³-hybridized carbons (Fsp3) is 0.118. The van der Waals surface area contributed by atoms with E-state index in [4.69, 9.17) is 0 Å². The van der Waals surface area contributed by atoms with Gasteiger partial charge in [0.05, 0.1) is 5.69 Å². The second-order valence-electron chi connectivity index (χ2n) is 9.90. The van der Waals surface area contributed by atoms with Crippen LogP contribution in [-0.4, -0.2) is 9.97 Å². The van der Waals surface area contributed by atoms with Crippen LogP contribution in [0.1, 0.15) is 26.3 Å². The van der Waals surface area contributed by atoms with Crippen LogP contribution in [0.2, 0.25) is 0 Å². The summed E-state index contributed by atoms with van der Waals surface area (Å²) in [7, 11) is 0. The molecule has 3 heteroatoms. The Labute approximate surface area is 232 Å². The van der Waals surface area contributed by atoms with Gasteiger partial charge >= 0.3 is 0 Å². The van der Waals surface area contributed by atoms with Crippen molar-refractivity contribution in [3.8, 4) is 22.5 Å². The smallest absolute Gasteiger partial charge is 0.0701 e. The van der Waals surface area contributed by atoms with Crippen LogP contribution >= 0.6 is 0 Å². The minimum Gasteiger partial charge on any atom is -0.305 e. The molecule has 185 valence electrons. The van der Waals surface area contributed by atoms with Gasteiger partial charge in [0.15, 0.2) is 0 Å². The Kier molecular flexibility index (Phi) is 8.28. The molecule has 0 saturated carbocycles. The van der Waals surface area contributed by atoms with E-state index in [0.717, 1.165) is 22.5 Å². The molecule has 0 saturated heterocycles. The molecule has 0 aliphatic heterocycles. The monoisotopic (exact) mass is 658 g/mol. The molecule has 0 unspecified atom stereocenters. The first-order valence-corrected chi connectivity index (χ1v) is 12.3. The third kappa shape index (κ3) is 6.20. The predicted molar refractivity (Wildman–Crippen MR) is 152 cm³/mol. The Morgan fingerprint density at radius 2 is 1.30 bits per heavy atom. The molecule has 4 aromatic carbocycles. The van der Waals surface area contributed by atoms with Gasteiger partial charge in [0.1, 0.15) is 0 Å². The molecule has 0 amide bonds. The van der Waals surface area contributed by atoms with Crippen LogP contribution in [0.15, 0.2) is 122 Å². The molecule has 37 heavy (non-hydrogen) atoms. The summed E-state index contributed by atoms with van der Waals surface area (Å²) in [4.78, 5) is 8.81. The van der Waals surface area contributed by atoms with Gasteiger partial charge in [0, 0.05) is 38.1 Å². The van der Waals surface area contributed by atoms with Crippen LogP contribution in [0.4, 0.5) is 0 Å². The van der Waals surface area contributed by atoms with Crippen LogP contribution in [0.25, 0.3) is 44.1 Å². The number of hydrogen-bond acceptors (Lipinski definition) is 2. The van der Waals surface area contributed by atoms with Crippen molar-refractivity contribution in [3.63, 3.8) is 0 Å². The zero-order valence-corrected chi connectivity index (χ0v) is 23.7. The molecule has 6 aromatic rings. The largest absolute Gasteiger partial charge is 0.305 e. The first-order valence-electron chi connectivity index (χ1n) is 12.3. The van der Waals surface area contributed by atoms with Gasteiger partial charge < -0.3 is 4.98 Å². The van der Waals surface area contributed by atoms with Gasteiger partial charge in [-0.15, -0.1) is 29.1 Å². The molecule has 2 heterocycles. The van der Waals surface area contributed by atoms with Crippen molar-refractivity contribution in [2.24, 2.45) is 0 Å². The van der Waals surface area contributed by atoms with Gasteiger partial charge in [0.25, 0.3) is 0 Å². The summed E-state index contributed by atoms with van der Waals surface area (Å²) in [5.41, 5.74) is 5.63. The minimum absolute atomic E-state index is 0. The Hall–Kier alpha value is -3.65. The molecule has 0 spiro atoms. The van der Waals surface area contributed by atoms with E-state index in [-0.39, 0.29) is 25.5 Å². The average molecular weight is 658 g/mol. The Morgan fingerprint density at radius 3 is 2.05 bits per heavy atom. The third-order valence-electron chi connectivity index (χ3n) is 6.31. The fourth-order valence-electron chi connectivity index (χ4n) is 4.28. The van der Waals surface area contributed by atoms with Gasteiger partial charge in [-0.2, -0.15) is 0 Å². The minimum atomic E-state index is 0. The van der Waals surface area contributed by atoms with E-state index >= 15 is 0 Å². The number of pyridine rings is 2. The number of aromatic nitrogens is 2. The van der Waals surface area contributed by atoms with Crippen LogP contribution in [0.3, 0.4) is 0 Å². The molecular formula is C34H29IrN2-. The Morgan fingerprint density at radius 1 is 0.595 bits per heavy atom. The Balaban J connectivity index is 0.000000208. The standard InChI is InChI=1S/C23H20N.C11H9N.Ir/c1-23(2,3)19-12-13-24-22(15-19)18-10-11-21-17(14-18)9-8-16-6-4-5-7-20(16)21;1-2-6-10(7-3-1)11-8-4-5-9-12-11;/h4-9,11-15H,1-3H3;1-9H;/q-1;;. The van der Waals surface area contributed by atoms with Crippen molar-refractivity contribution < 1.29 is 20.1 Å². The van der Waals surface area contributed by atoms with E-state index in [2.05, 4.69) is 110 Å². The number of hydrogen-bond donors (Lipinski definition) is 0. The maximum atomic E-state index is 4.56. The van der Waals surface area contributed by atoms with E-state index in [0.29, 0.717) is 0 Å². The van der Waals surface area contributed by atoms with Gasteiger partial charge in [-0.3, -0.25) is 4.98 Å². The molecule has 0 fully saturated rings. The van der Waals surface area contributed by atoms with Crippen molar-refractivity contribution in [2.75, 3.05) is 0 Å². The number of rotatable bonds is 2. The summed E-state index contributed by atoms with van der Waals surface area (Å²) >= 11 is 0. The third-order valence-corrected chi connectivity index (χ3v) is 6.31. The van der Waals surface area contributed by atoms with E-state index < -0.39 is 0 Å². The summed E-state index contributed by atoms with van der Waals surface area (Å²) in [6.45, 7) is 6.67. The second-order valence-corrected chi connectivity index (χ2v) is 9.90. The predicted octanol–water partition coefficient (Wildman–Crippen LogP) is 8.90. The van der Waals surface area contributed by atoms with Gasteiger partial charge in [-0.05, 0) is 40.3 Å². The molecule has 0 atom stereocenters. The number of nitrogens with zero attached hydrogens (tertiary/aromatic N) is 2. The van der Waals surface area contributed by atoms with E-state index in [1.807, 2.05) is 48.8 Å². The number of fused-ring (bicyclic) bond motifs is 3. The van der Waals surface area contributed by atoms with Crippen molar-refractivity contribution in [3.05, 3.63) is 133 Å². The van der Waals surface area contributed by atoms with E-state index in [9.17, 15) is 0 Å². The second kappa shape index (κ2) is 11.6. The van der Waals surface area contributed by atoms with Crippen LogP contribution < -0.4 is 0 Å². The molecule has 6 rings (SSSR count). The molecule has 2 aromatic heterocycles. The van der Waals surface area contributed by atoms with Crippen molar-refractivity contribution in [2.45, 2.75) is 26.2 Å². The molecular weight excluding hydrogens is 629 g/mol. The van der Waals surface area contributed by atoms with Crippen molar-refractivity contribution in [1.29, 1.82) is 0 Å². The maximum absolute atomic E-state index is 4.56. The van der Waals surface area contributed by atoms with Gasteiger partial charge in [0.2, 0.25) is 0 Å². The summed E-state index contributed by atoms with van der Waals surface area (Å²) in [6.07, 6.45) is 3.71. The SMILES string of the molecule is CC(C)(C)c1ccnc(-c2[c-]cc3c(ccc4ccccc43)c2)c1.[Ir].c1ccc(-c2ccccn2)cc1. The van der Waals surface area contributed by atoms with Crippen LogP contribution in [0.5, 0.6) is 0 Å². The zero-order valence-electron chi connectivity index (χ0n) is 21.3. The summed E-state index contributed by atoms with van der Waals surface area (Å²) in [6, 6.07) is 40.9. The first-order chi connectivity index (χ1) is 17.5. The summed E-state index contributed by atoms with van der Waals surface area (Å²) in [5, 5.41) is 5.00. The summed E-state index contributed by atoms with van der Waals surface area (Å²) < 4.78 is 0. The molecule has 2 nitrogen and oxygen atoms in total. The number of benzene rings is 4. The zero-order chi connectivity index (χ0) is 25.0. The molecule has 0 N–H and O–H groups in total. The molecule has 0 aliphatic carbocycles. The van der Waals surface area contributed by atoms with Gasteiger partial charge in [-0.25, -0.2) is 0 Å². The van der Waals surface area contributed by atoms with E-state index in [1.54, 1.807) is 0 Å². The molecule has 0 bridgehead atoms. The van der Waals surface area contributed by atoms with Crippen molar-refractivity contribution in [1.82, 2.24) is 9.97 Å². The normalized spacial score (nSPS) is 10.9. The molecule has 1 radical (unpaired) electrons.